The van der Waals surface area contributed by atoms with Crippen LogP contribution in [0.3, 0.4) is 0 Å². The van der Waals surface area contributed by atoms with Gasteiger partial charge in [0.25, 0.3) is 0 Å². The van der Waals surface area contributed by atoms with Gasteiger partial charge in [0.2, 0.25) is 5.91 Å². The first-order chi connectivity index (χ1) is 5.74. The Kier molecular flexibility index (Phi) is 6.28. The van der Waals surface area contributed by atoms with Gasteiger partial charge in [-0.05, 0) is 27.9 Å². The molecule has 4 nitrogen and oxygen atoms in total. The lowest BCUT2D eigenvalue weighted by molar-refractivity contribution is -0.245. The van der Waals surface area contributed by atoms with E-state index in [1.807, 2.05) is 27.9 Å². The molecular weight excluding hydrogens is 156 g/mol. The van der Waals surface area contributed by atoms with Crippen molar-refractivity contribution in [1.29, 1.82) is 0 Å². The van der Waals surface area contributed by atoms with E-state index in [1.165, 1.54) is 0 Å². The number of nitrogens with one attached hydrogen (secondary N) is 2. The lowest BCUT2D eigenvalue weighted by Gasteiger charge is -2.32. The monoisotopic (exact) mass is 176 g/mol. The molecule has 0 aliphatic carbocycles. The molecule has 0 aromatic heterocycles. The second kappa shape index (κ2) is 6.37. The summed E-state index contributed by atoms with van der Waals surface area (Å²) in [5, 5.41) is 6.03. The van der Waals surface area contributed by atoms with Crippen LogP contribution in [0.4, 0.5) is 0 Å². The quantitative estimate of drug-likeness (QED) is 0.542. The molecule has 0 spiro atoms. The first-order valence-electron chi connectivity index (χ1n) is 4.36. The fourth-order valence-corrected chi connectivity index (χ4v) is 1.08. The van der Waals surface area contributed by atoms with Crippen LogP contribution < -0.4 is 10.6 Å². The Labute approximate surface area is 74.6 Å². The van der Waals surface area contributed by atoms with Crippen LogP contribution in [0.2, 0.25) is 0 Å². The van der Waals surface area contributed by atoms with E-state index < -0.39 is 5.91 Å². The van der Waals surface area contributed by atoms with Gasteiger partial charge in [-0.25, -0.2) is 0 Å². The van der Waals surface area contributed by atoms with Crippen LogP contribution in [0.5, 0.6) is 0 Å². The molecule has 2 N–H and O–H groups in total. The largest absolute Gasteiger partial charge is 0.337 e. The third-order valence-electron chi connectivity index (χ3n) is 1.55. The fraction of sp³-hybridized carbons (Fsp3) is 1.00. The van der Waals surface area contributed by atoms with E-state index in [0.29, 0.717) is 19.8 Å². The van der Waals surface area contributed by atoms with Gasteiger partial charge < -0.3 is 14.8 Å². The molecule has 0 radical (unpaired) electrons. The average Bonchev–Trinajstić information content (AvgIpc) is 2.06. The van der Waals surface area contributed by atoms with Crippen molar-refractivity contribution >= 4 is 0 Å². The van der Waals surface area contributed by atoms with Gasteiger partial charge in [-0.15, -0.1) is 0 Å². The van der Waals surface area contributed by atoms with Crippen LogP contribution in [0.1, 0.15) is 13.8 Å². The Morgan fingerprint density at radius 3 is 1.83 bits per heavy atom. The Hall–Kier alpha value is -0.160. The summed E-state index contributed by atoms with van der Waals surface area (Å²) in [5.41, 5.74) is 0. The highest BCUT2D eigenvalue weighted by atomic mass is 16.7. The maximum atomic E-state index is 5.46. The molecule has 0 atom stereocenters. The third kappa shape index (κ3) is 3.49. The van der Waals surface area contributed by atoms with Gasteiger partial charge in [-0.2, -0.15) is 0 Å². The smallest absolute Gasteiger partial charge is 0.240 e. The second-order valence-electron chi connectivity index (χ2n) is 2.40. The Bertz CT molecular complexity index is 92.2. The lowest BCUT2D eigenvalue weighted by Crippen LogP contribution is -2.54. The van der Waals surface area contributed by atoms with Gasteiger partial charge in [0.1, 0.15) is 0 Å². The molecule has 0 unspecified atom stereocenters. The Morgan fingerprint density at radius 2 is 1.58 bits per heavy atom. The predicted molar refractivity (Wildman–Crippen MR) is 49.0 cm³/mol. The number of rotatable bonds is 7. The van der Waals surface area contributed by atoms with Crippen LogP contribution in [0.15, 0.2) is 0 Å². The predicted octanol–water partition coefficient (Wildman–Crippen LogP) is 0.152. The lowest BCUT2D eigenvalue weighted by atomic mass is 10.4. The van der Waals surface area contributed by atoms with Crippen molar-refractivity contribution in [3.05, 3.63) is 0 Å². The molecule has 0 saturated heterocycles. The minimum absolute atomic E-state index is 0.628. The van der Waals surface area contributed by atoms with E-state index in [9.17, 15) is 0 Å². The van der Waals surface area contributed by atoms with Gasteiger partial charge >= 0.3 is 0 Å². The molecule has 0 saturated carbocycles. The Balaban J connectivity index is 4.06. The van der Waals surface area contributed by atoms with Crippen LogP contribution in [-0.2, 0) is 9.47 Å². The van der Waals surface area contributed by atoms with E-state index in [2.05, 4.69) is 10.6 Å². The SMILES string of the molecule is CCOC(CNC)(NC)OCC. The summed E-state index contributed by atoms with van der Waals surface area (Å²) in [6.45, 7) is 5.78. The minimum atomic E-state index is -0.668. The van der Waals surface area contributed by atoms with E-state index in [1.54, 1.807) is 0 Å². The minimum Gasteiger partial charge on any atom is -0.337 e. The molecule has 0 aromatic rings. The summed E-state index contributed by atoms with van der Waals surface area (Å²) in [6, 6.07) is 0. The highest BCUT2D eigenvalue weighted by molar-refractivity contribution is 4.66. The number of ether oxygens (including phenoxy) is 2. The van der Waals surface area contributed by atoms with E-state index in [-0.39, 0.29) is 0 Å². The standard InChI is InChI=1S/C8H20N2O2/c1-5-11-8(10-4,7-9-3)12-6-2/h9-10H,5-7H2,1-4H3. The summed E-state index contributed by atoms with van der Waals surface area (Å²) in [5.74, 6) is -0.668. The summed E-state index contributed by atoms with van der Waals surface area (Å²) in [6.07, 6.45) is 0. The number of hydrogen-bond acceptors (Lipinski definition) is 4. The van der Waals surface area contributed by atoms with Crippen molar-refractivity contribution in [3.8, 4) is 0 Å². The van der Waals surface area contributed by atoms with Gasteiger partial charge in [0.05, 0.1) is 6.54 Å². The molecule has 4 heteroatoms. The maximum absolute atomic E-state index is 5.46. The highest BCUT2D eigenvalue weighted by Crippen LogP contribution is 2.06. The summed E-state index contributed by atoms with van der Waals surface area (Å²) < 4.78 is 10.9. The summed E-state index contributed by atoms with van der Waals surface area (Å²) in [4.78, 5) is 0. The first kappa shape index (κ1) is 11.8. The first-order valence-corrected chi connectivity index (χ1v) is 4.36. The van der Waals surface area contributed by atoms with E-state index in [4.69, 9.17) is 9.47 Å². The van der Waals surface area contributed by atoms with Gasteiger partial charge in [0, 0.05) is 13.2 Å². The van der Waals surface area contributed by atoms with Crippen LogP contribution in [-0.4, -0.2) is 39.8 Å². The zero-order valence-electron chi connectivity index (χ0n) is 8.44. The summed E-state index contributed by atoms with van der Waals surface area (Å²) in [7, 11) is 3.69. The molecular formula is C8H20N2O2. The van der Waals surface area contributed by atoms with Crippen LogP contribution in [0.25, 0.3) is 0 Å². The van der Waals surface area contributed by atoms with Crippen molar-refractivity contribution in [1.82, 2.24) is 10.6 Å². The fourth-order valence-electron chi connectivity index (χ4n) is 1.08. The molecule has 0 aliphatic heterocycles. The molecule has 74 valence electrons. The number of likely N-dealkylation sites (N-methyl/N-ethyl adjacent to an activating group) is 2. The van der Waals surface area contributed by atoms with Gasteiger partial charge in [-0.1, -0.05) is 0 Å². The molecule has 0 fully saturated rings. The summed E-state index contributed by atoms with van der Waals surface area (Å²) >= 11 is 0. The van der Waals surface area contributed by atoms with Crippen LogP contribution >= 0.6 is 0 Å². The maximum Gasteiger partial charge on any atom is 0.240 e. The van der Waals surface area contributed by atoms with Gasteiger partial charge in [0.15, 0.2) is 0 Å². The normalized spacial score (nSPS) is 12.0. The van der Waals surface area contributed by atoms with Gasteiger partial charge in [-0.3, -0.25) is 5.32 Å². The van der Waals surface area contributed by atoms with Crippen molar-refractivity contribution in [2.45, 2.75) is 19.8 Å². The Morgan fingerprint density at radius 1 is 1.08 bits per heavy atom. The molecule has 0 aliphatic rings. The number of hydrogen-bond donors (Lipinski definition) is 2. The molecule has 0 amide bonds. The average molecular weight is 176 g/mol. The van der Waals surface area contributed by atoms with Crippen LogP contribution in [0, 0.1) is 0 Å². The topological polar surface area (TPSA) is 42.5 Å². The third-order valence-corrected chi connectivity index (χ3v) is 1.55. The van der Waals surface area contributed by atoms with Crippen molar-refractivity contribution in [3.63, 3.8) is 0 Å². The van der Waals surface area contributed by atoms with Crippen molar-refractivity contribution < 1.29 is 9.47 Å². The molecule has 0 heterocycles. The zero-order chi connectivity index (χ0) is 9.45. The molecule has 0 rings (SSSR count). The van der Waals surface area contributed by atoms with Crippen molar-refractivity contribution in [2.24, 2.45) is 0 Å². The van der Waals surface area contributed by atoms with E-state index in [0.717, 1.165) is 0 Å². The molecule has 12 heavy (non-hydrogen) atoms. The molecule has 0 bridgehead atoms. The highest BCUT2D eigenvalue weighted by Gasteiger charge is 2.27. The van der Waals surface area contributed by atoms with Crippen molar-refractivity contribution in [2.75, 3.05) is 33.9 Å². The zero-order valence-corrected chi connectivity index (χ0v) is 8.44. The molecule has 0 aromatic carbocycles. The van der Waals surface area contributed by atoms with E-state index >= 15 is 0 Å². The second-order valence-corrected chi connectivity index (χ2v) is 2.40.